The molecule has 0 bridgehead atoms. The van der Waals surface area contributed by atoms with E-state index in [4.69, 9.17) is 0 Å². The number of nitrogens with one attached hydrogen (secondary N) is 3. The van der Waals surface area contributed by atoms with E-state index >= 15 is 0 Å². The van der Waals surface area contributed by atoms with Gasteiger partial charge in [-0.1, -0.05) is 6.07 Å². The fourth-order valence-electron chi connectivity index (χ4n) is 5.09. The minimum atomic E-state index is -0.0772. The molecule has 0 saturated heterocycles. The predicted molar refractivity (Wildman–Crippen MR) is 140 cm³/mol. The number of aromatic nitrogens is 3. The standard InChI is InChI=1S/C26H37N7OS/c1-35-25-20(3-2-12-28-25)16-31-26-32-17-21(13-27)24(33-26)30-15-18-4-8-22(9-5-18)29-14-19-6-10-23(34)11-7-19/h2-3,12,17-19,22-23,29,34H,4-11,14-16H2,1H3,(H2,30,31,32,33). The van der Waals surface area contributed by atoms with Crippen LogP contribution in [-0.2, 0) is 6.54 Å². The van der Waals surface area contributed by atoms with E-state index in [1.54, 1.807) is 24.2 Å². The van der Waals surface area contributed by atoms with Crippen LogP contribution in [0.15, 0.2) is 29.6 Å². The molecule has 2 aliphatic carbocycles. The molecule has 2 aromatic heterocycles. The second kappa shape index (κ2) is 13.1. The number of hydrogen-bond acceptors (Lipinski definition) is 9. The third kappa shape index (κ3) is 7.53. The summed E-state index contributed by atoms with van der Waals surface area (Å²) in [4.78, 5) is 13.3. The largest absolute Gasteiger partial charge is 0.393 e. The highest BCUT2D eigenvalue weighted by Crippen LogP contribution is 2.27. The zero-order valence-corrected chi connectivity index (χ0v) is 21.4. The van der Waals surface area contributed by atoms with E-state index in [9.17, 15) is 10.4 Å². The average Bonchev–Trinajstić information content (AvgIpc) is 2.91. The van der Waals surface area contributed by atoms with Crippen molar-refractivity contribution in [3.05, 3.63) is 35.7 Å². The Labute approximate surface area is 212 Å². The number of rotatable bonds is 10. The molecular formula is C26H37N7OS. The molecule has 9 heteroatoms. The molecule has 188 valence electrons. The Morgan fingerprint density at radius 3 is 2.51 bits per heavy atom. The first-order valence-corrected chi connectivity index (χ1v) is 14.0. The Bertz CT molecular complexity index is 982. The third-order valence-electron chi connectivity index (χ3n) is 7.31. The van der Waals surface area contributed by atoms with E-state index in [0.717, 1.165) is 49.4 Å². The monoisotopic (exact) mass is 495 g/mol. The lowest BCUT2D eigenvalue weighted by atomic mass is 9.84. The van der Waals surface area contributed by atoms with Crippen LogP contribution in [-0.4, -0.2) is 51.5 Å². The summed E-state index contributed by atoms with van der Waals surface area (Å²) in [6, 6.07) is 6.77. The first-order valence-electron chi connectivity index (χ1n) is 12.8. The molecule has 2 fully saturated rings. The van der Waals surface area contributed by atoms with Crippen LogP contribution in [0, 0.1) is 23.2 Å². The van der Waals surface area contributed by atoms with Crippen molar-refractivity contribution in [1.82, 2.24) is 20.3 Å². The van der Waals surface area contributed by atoms with Gasteiger partial charge in [-0.3, -0.25) is 0 Å². The third-order valence-corrected chi connectivity index (χ3v) is 8.06. The first-order chi connectivity index (χ1) is 17.1. The van der Waals surface area contributed by atoms with Gasteiger partial charge < -0.3 is 21.1 Å². The van der Waals surface area contributed by atoms with Crippen LogP contribution in [0.1, 0.15) is 62.5 Å². The number of nitrogens with zero attached hydrogens (tertiary/aromatic N) is 4. The van der Waals surface area contributed by atoms with Crippen molar-refractivity contribution in [3.63, 3.8) is 0 Å². The average molecular weight is 496 g/mol. The summed E-state index contributed by atoms with van der Waals surface area (Å²) in [5.74, 6) is 2.40. The summed E-state index contributed by atoms with van der Waals surface area (Å²) in [6.45, 7) is 2.48. The van der Waals surface area contributed by atoms with Crippen molar-refractivity contribution in [2.75, 3.05) is 30.0 Å². The smallest absolute Gasteiger partial charge is 0.224 e. The molecule has 0 aliphatic heterocycles. The first kappa shape index (κ1) is 25.7. The second-order valence-corrected chi connectivity index (χ2v) is 10.6. The number of aliphatic hydroxyl groups is 1. The van der Waals surface area contributed by atoms with E-state index in [0.29, 0.717) is 41.8 Å². The number of pyridine rings is 1. The SMILES string of the molecule is CSc1ncccc1CNc1ncc(C#N)c(NCC2CCC(NCC3CCC(O)CC3)CC2)n1. The molecule has 0 unspecified atom stereocenters. The molecule has 0 atom stereocenters. The van der Waals surface area contributed by atoms with E-state index in [2.05, 4.69) is 37.0 Å². The van der Waals surface area contributed by atoms with Crippen LogP contribution >= 0.6 is 11.8 Å². The van der Waals surface area contributed by atoms with Crippen molar-refractivity contribution >= 4 is 23.5 Å². The minimum Gasteiger partial charge on any atom is -0.393 e. The Kier molecular flexibility index (Phi) is 9.57. The molecule has 35 heavy (non-hydrogen) atoms. The van der Waals surface area contributed by atoms with Crippen LogP contribution < -0.4 is 16.0 Å². The van der Waals surface area contributed by atoms with Gasteiger partial charge >= 0.3 is 0 Å². The van der Waals surface area contributed by atoms with Crippen LogP contribution in [0.2, 0.25) is 0 Å². The van der Waals surface area contributed by atoms with Crippen molar-refractivity contribution in [2.24, 2.45) is 11.8 Å². The van der Waals surface area contributed by atoms with Crippen LogP contribution in [0.25, 0.3) is 0 Å². The fourth-order valence-corrected chi connectivity index (χ4v) is 5.66. The summed E-state index contributed by atoms with van der Waals surface area (Å²) in [5, 5.41) is 30.7. The highest BCUT2D eigenvalue weighted by molar-refractivity contribution is 7.98. The number of aliphatic hydroxyl groups excluding tert-OH is 1. The summed E-state index contributed by atoms with van der Waals surface area (Å²) in [6.07, 6.45) is 14.2. The molecule has 4 N–H and O–H groups in total. The van der Waals surface area contributed by atoms with Gasteiger partial charge in [0.05, 0.1) is 12.3 Å². The normalized spacial score (nSPS) is 24.5. The van der Waals surface area contributed by atoms with Gasteiger partial charge in [0.25, 0.3) is 0 Å². The van der Waals surface area contributed by atoms with Gasteiger partial charge in [-0.15, -0.1) is 11.8 Å². The molecule has 2 aliphatic rings. The van der Waals surface area contributed by atoms with Crippen LogP contribution in [0.4, 0.5) is 11.8 Å². The molecule has 8 nitrogen and oxygen atoms in total. The Balaban J connectivity index is 1.23. The molecule has 4 rings (SSSR count). The topological polar surface area (TPSA) is 119 Å². The summed E-state index contributed by atoms with van der Waals surface area (Å²) < 4.78 is 0. The number of anilines is 2. The quantitative estimate of drug-likeness (QED) is 0.360. The molecule has 0 spiro atoms. The van der Waals surface area contributed by atoms with E-state index in [1.807, 2.05) is 18.4 Å². The Morgan fingerprint density at radius 2 is 1.77 bits per heavy atom. The Hall–Kier alpha value is -2.41. The van der Waals surface area contributed by atoms with Crippen molar-refractivity contribution in [1.29, 1.82) is 5.26 Å². The van der Waals surface area contributed by atoms with E-state index in [1.165, 1.54) is 25.7 Å². The lowest BCUT2D eigenvalue weighted by Crippen LogP contribution is -2.38. The number of thioether (sulfide) groups is 1. The van der Waals surface area contributed by atoms with Crippen LogP contribution in [0.3, 0.4) is 0 Å². The van der Waals surface area contributed by atoms with Gasteiger partial charge in [0, 0.05) is 30.9 Å². The van der Waals surface area contributed by atoms with Crippen molar-refractivity contribution < 1.29 is 5.11 Å². The highest BCUT2D eigenvalue weighted by atomic mass is 32.2. The summed E-state index contributed by atoms with van der Waals surface area (Å²) in [5.41, 5.74) is 1.56. The maximum Gasteiger partial charge on any atom is 0.224 e. The lowest BCUT2D eigenvalue weighted by Gasteiger charge is -2.32. The van der Waals surface area contributed by atoms with Gasteiger partial charge in [0.2, 0.25) is 5.95 Å². The van der Waals surface area contributed by atoms with Gasteiger partial charge in [-0.25, -0.2) is 9.97 Å². The second-order valence-electron chi connectivity index (χ2n) is 9.77. The maximum atomic E-state index is 9.69. The van der Waals surface area contributed by atoms with E-state index < -0.39 is 0 Å². The molecule has 2 heterocycles. The predicted octanol–water partition coefficient (Wildman–Crippen LogP) is 4.19. The maximum absolute atomic E-state index is 9.69. The zero-order chi connectivity index (χ0) is 24.5. The van der Waals surface area contributed by atoms with Crippen molar-refractivity contribution in [3.8, 4) is 6.07 Å². The summed E-state index contributed by atoms with van der Waals surface area (Å²) >= 11 is 1.61. The van der Waals surface area contributed by atoms with Gasteiger partial charge in [-0.2, -0.15) is 10.2 Å². The number of nitriles is 1. The van der Waals surface area contributed by atoms with Gasteiger partial charge in [-0.05, 0) is 82.1 Å². The number of hydrogen-bond donors (Lipinski definition) is 4. The highest BCUT2D eigenvalue weighted by Gasteiger charge is 2.24. The zero-order valence-electron chi connectivity index (χ0n) is 20.5. The Morgan fingerprint density at radius 1 is 1.03 bits per heavy atom. The van der Waals surface area contributed by atoms with Gasteiger partial charge in [0.1, 0.15) is 22.5 Å². The summed E-state index contributed by atoms with van der Waals surface area (Å²) in [7, 11) is 0. The lowest BCUT2D eigenvalue weighted by molar-refractivity contribution is 0.107. The van der Waals surface area contributed by atoms with Crippen molar-refractivity contribution in [2.45, 2.75) is 75.1 Å². The molecular weight excluding hydrogens is 458 g/mol. The van der Waals surface area contributed by atoms with Crippen LogP contribution in [0.5, 0.6) is 0 Å². The molecule has 0 aromatic carbocycles. The molecule has 0 amide bonds. The molecule has 2 aromatic rings. The van der Waals surface area contributed by atoms with Gasteiger partial charge in [0.15, 0.2) is 0 Å². The fraction of sp³-hybridized carbons (Fsp3) is 0.615. The molecule has 0 radical (unpaired) electrons. The minimum absolute atomic E-state index is 0.0772. The molecule has 2 saturated carbocycles. The van der Waals surface area contributed by atoms with E-state index in [-0.39, 0.29) is 6.10 Å².